The molecular formula is C22H23ClFN3O2. The molecule has 0 radical (unpaired) electrons. The number of aromatic nitrogens is 1. The molecule has 1 aromatic heterocycles. The number of H-pyrrole nitrogens is 1. The summed E-state index contributed by atoms with van der Waals surface area (Å²) in [6.07, 6.45) is 3.91. The SMILES string of the molecule is Cl.O=C(NCc1ccc(CN2CCCC2)cc1)c1c[nH]c2ccc(F)cc2c1=O. The lowest BCUT2D eigenvalue weighted by Crippen LogP contribution is -2.28. The molecule has 0 atom stereocenters. The fourth-order valence-corrected chi connectivity index (χ4v) is 3.60. The highest BCUT2D eigenvalue weighted by molar-refractivity contribution is 5.97. The standard InChI is InChI=1S/C22H22FN3O2.ClH/c23-17-7-8-20-18(11-17)21(27)19(13-24-20)22(28)25-12-15-3-5-16(6-4-15)14-26-9-1-2-10-26;/h3-8,11,13H,1-2,9-10,12,14H2,(H,24,27)(H,25,28);1H. The van der Waals surface area contributed by atoms with Crippen LogP contribution >= 0.6 is 12.4 Å². The zero-order valence-corrected chi connectivity index (χ0v) is 16.7. The Bertz CT molecular complexity index is 1060. The highest BCUT2D eigenvalue weighted by Gasteiger charge is 2.14. The minimum Gasteiger partial charge on any atom is -0.360 e. The molecule has 1 aliphatic rings. The molecule has 2 N–H and O–H groups in total. The van der Waals surface area contributed by atoms with Gasteiger partial charge in [-0.05, 0) is 55.3 Å². The van der Waals surface area contributed by atoms with Gasteiger partial charge in [0.1, 0.15) is 11.4 Å². The lowest BCUT2D eigenvalue weighted by atomic mass is 10.1. The Morgan fingerprint density at radius 2 is 1.76 bits per heavy atom. The largest absolute Gasteiger partial charge is 0.360 e. The third kappa shape index (κ3) is 4.83. The van der Waals surface area contributed by atoms with Gasteiger partial charge in [0.05, 0.1) is 0 Å². The van der Waals surface area contributed by atoms with Crippen LogP contribution in [0.5, 0.6) is 0 Å². The van der Waals surface area contributed by atoms with Crippen molar-refractivity contribution >= 4 is 29.2 Å². The zero-order valence-electron chi connectivity index (χ0n) is 15.9. The maximum Gasteiger partial charge on any atom is 0.257 e. The van der Waals surface area contributed by atoms with E-state index in [1.807, 2.05) is 12.1 Å². The summed E-state index contributed by atoms with van der Waals surface area (Å²) in [6.45, 7) is 3.59. The van der Waals surface area contributed by atoms with Gasteiger partial charge in [-0.2, -0.15) is 0 Å². The van der Waals surface area contributed by atoms with Crippen LogP contribution in [-0.2, 0) is 13.1 Å². The summed E-state index contributed by atoms with van der Waals surface area (Å²) >= 11 is 0. The predicted octanol–water partition coefficient (Wildman–Crippen LogP) is 3.61. The molecule has 0 aliphatic carbocycles. The van der Waals surface area contributed by atoms with Gasteiger partial charge in [-0.15, -0.1) is 12.4 Å². The predicted molar refractivity (Wildman–Crippen MR) is 114 cm³/mol. The Balaban J connectivity index is 0.00000240. The number of nitrogens with one attached hydrogen (secondary N) is 2. The fourth-order valence-electron chi connectivity index (χ4n) is 3.60. The Hall–Kier alpha value is -2.70. The first-order valence-corrected chi connectivity index (χ1v) is 9.49. The van der Waals surface area contributed by atoms with Gasteiger partial charge < -0.3 is 10.3 Å². The monoisotopic (exact) mass is 415 g/mol. The number of hydrogen-bond donors (Lipinski definition) is 2. The van der Waals surface area contributed by atoms with Crippen molar-refractivity contribution in [2.75, 3.05) is 13.1 Å². The summed E-state index contributed by atoms with van der Waals surface area (Å²) in [5.41, 5.74) is 2.21. The number of likely N-dealkylation sites (tertiary alicyclic amines) is 1. The molecule has 152 valence electrons. The van der Waals surface area contributed by atoms with Gasteiger partial charge in [-0.25, -0.2) is 4.39 Å². The van der Waals surface area contributed by atoms with Crippen LogP contribution in [0, 0.1) is 5.82 Å². The van der Waals surface area contributed by atoms with Crippen LogP contribution in [0.2, 0.25) is 0 Å². The Morgan fingerprint density at radius 3 is 2.48 bits per heavy atom. The molecule has 5 nitrogen and oxygen atoms in total. The van der Waals surface area contributed by atoms with Crippen LogP contribution in [0.1, 0.15) is 34.3 Å². The van der Waals surface area contributed by atoms with Crippen molar-refractivity contribution in [3.05, 3.63) is 81.4 Å². The Labute approximate surface area is 174 Å². The van der Waals surface area contributed by atoms with Gasteiger partial charge >= 0.3 is 0 Å². The molecule has 1 amide bonds. The summed E-state index contributed by atoms with van der Waals surface area (Å²) in [4.78, 5) is 30.2. The van der Waals surface area contributed by atoms with E-state index in [4.69, 9.17) is 0 Å². The highest BCUT2D eigenvalue weighted by Crippen LogP contribution is 2.14. The Morgan fingerprint density at radius 1 is 1.07 bits per heavy atom. The smallest absolute Gasteiger partial charge is 0.257 e. The molecule has 1 saturated heterocycles. The highest BCUT2D eigenvalue weighted by atomic mass is 35.5. The molecule has 0 saturated carbocycles. The second-order valence-electron chi connectivity index (χ2n) is 7.20. The molecule has 4 rings (SSSR count). The van der Waals surface area contributed by atoms with Crippen molar-refractivity contribution in [3.8, 4) is 0 Å². The number of carbonyl (C=O) groups is 1. The lowest BCUT2D eigenvalue weighted by Gasteiger charge is -2.14. The number of hydrogen-bond acceptors (Lipinski definition) is 3. The fraction of sp³-hybridized carbons (Fsp3) is 0.273. The van der Waals surface area contributed by atoms with Crippen molar-refractivity contribution in [2.45, 2.75) is 25.9 Å². The first-order valence-electron chi connectivity index (χ1n) is 9.49. The number of benzene rings is 2. The van der Waals surface area contributed by atoms with Crippen LogP contribution in [0.3, 0.4) is 0 Å². The third-order valence-electron chi connectivity index (χ3n) is 5.17. The van der Waals surface area contributed by atoms with Gasteiger partial charge in [0, 0.05) is 30.2 Å². The number of pyridine rings is 1. The van der Waals surface area contributed by atoms with E-state index < -0.39 is 17.2 Å². The molecule has 1 fully saturated rings. The van der Waals surface area contributed by atoms with E-state index >= 15 is 0 Å². The number of amides is 1. The molecular weight excluding hydrogens is 393 g/mol. The average Bonchev–Trinajstić information content (AvgIpc) is 3.21. The van der Waals surface area contributed by atoms with Crippen molar-refractivity contribution < 1.29 is 9.18 Å². The molecule has 0 spiro atoms. The van der Waals surface area contributed by atoms with Crippen molar-refractivity contribution in [3.63, 3.8) is 0 Å². The summed E-state index contributed by atoms with van der Waals surface area (Å²) in [7, 11) is 0. The van der Waals surface area contributed by atoms with E-state index in [2.05, 4.69) is 27.3 Å². The Kier molecular flexibility index (Phi) is 6.67. The normalized spacial score (nSPS) is 14.0. The molecule has 29 heavy (non-hydrogen) atoms. The number of rotatable bonds is 5. The van der Waals surface area contributed by atoms with Crippen LogP contribution in [-0.4, -0.2) is 28.9 Å². The molecule has 7 heteroatoms. The van der Waals surface area contributed by atoms with E-state index in [1.165, 1.54) is 36.7 Å². The van der Waals surface area contributed by atoms with Crippen LogP contribution in [0.15, 0.2) is 53.5 Å². The number of fused-ring (bicyclic) bond motifs is 1. The van der Waals surface area contributed by atoms with E-state index in [1.54, 1.807) is 0 Å². The zero-order chi connectivity index (χ0) is 19.5. The number of nitrogens with zero attached hydrogens (tertiary/aromatic N) is 1. The van der Waals surface area contributed by atoms with Crippen LogP contribution in [0.4, 0.5) is 4.39 Å². The first-order chi connectivity index (χ1) is 13.6. The second kappa shape index (κ2) is 9.20. The minimum atomic E-state index is -0.510. The van der Waals surface area contributed by atoms with Crippen molar-refractivity contribution in [1.29, 1.82) is 0 Å². The number of carbonyl (C=O) groups excluding carboxylic acids is 1. The minimum absolute atomic E-state index is 0. The van der Waals surface area contributed by atoms with Gasteiger partial charge in [0.25, 0.3) is 5.91 Å². The van der Waals surface area contributed by atoms with Gasteiger partial charge in [-0.1, -0.05) is 24.3 Å². The third-order valence-corrected chi connectivity index (χ3v) is 5.17. The van der Waals surface area contributed by atoms with Crippen molar-refractivity contribution in [1.82, 2.24) is 15.2 Å². The average molecular weight is 416 g/mol. The van der Waals surface area contributed by atoms with Gasteiger partial charge in [0.2, 0.25) is 5.43 Å². The van der Waals surface area contributed by atoms with E-state index in [0.29, 0.717) is 12.1 Å². The summed E-state index contributed by atoms with van der Waals surface area (Å²) in [6, 6.07) is 12.0. The van der Waals surface area contributed by atoms with Crippen LogP contribution in [0.25, 0.3) is 10.9 Å². The van der Waals surface area contributed by atoms with Gasteiger partial charge in [-0.3, -0.25) is 14.5 Å². The van der Waals surface area contributed by atoms with E-state index in [0.717, 1.165) is 31.3 Å². The lowest BCUT2D eigenvalue weighted by molar-refractivity contribution is 0.0949. The van der Waals surface area contributed by atoms with E-state index in [9.17, 15) is 14.0 Å². The number of halogens is 2. The first kappa shape index (κ1) is 21.0. The summed E-state index contributed by atoms with van der Waals surface area (Å²) in [5.74, 6) is -0.988. The summed E-state index contributed by atoms with van der Waals surface area (Å²) < 4.78 is 13.4. The number of aromatic amines is 1. The van der Waals surface area contributed by atoms with Gasteiger partial charge in [0.15, 0.2) is 0 Å². The molecule has 3 aromatic rings. The topological polar surface area (TPSA) is 65.2 Å². The quantitative estimate of drug-likeness (QED) is 0.669. The second-order valence-corrected chi connectivity index (χ2v) is 7.20. The van der Waals surface area contributed by atoms with E-state index in [-0.39, 0.29) is 23.4 Å². The molecule has 0 unspecified atom stereocenters. The van der Waals surface area contributed by atoms with Crippen LogP contribution < -0.4 is 10.7 Å². The maximum absolute atomic E-state index is 13.4. The summed E-state index contributed by atoms with van der Waals surface area (Å²) in [5, 5.41) is 2.93. The molecule has 2 aromatic carbocycles. The molecule has 2 heterocycles. The maximum atomic E-state index is 13.4. The van der Waals surface area contributed by atoms with Crippen molar-refractivity contribution in [2.24, 2.45) is 0 Å². The molecule has 0 bridgehead atoms. The molecule has 1 aliphatic heterocycles.